The van der Waals surface area contributed by atoms with E-state index in [1.807, 2.05) is 4.98 Å². The van der Waals surface area contributed by atoms with E-state index >= 15 is 0 Å². The van der Waals surface area contributed by atoms with Gasteiger partial charge in [0.1, 0.15) is 42.7 Å². The fourth-order valence-corrected chi connectivity index (χ4v) is 8.12. The second-order valence-corrected chi connectivity index (χ2v) is 14.7. The highest BCUT2D eigenvalue weighted by molar-refractivity contribution is 7.70. The zero-order chi connectivity index (χ0) is 35.5. The number of aromatic nitrogens is 2. The van der Waals surface area contributed by atoms with E-state index in [4.69, 9.17) is 37.5 Å². The Labute approximate surface area is 275 Å². The molecule has 2 saturated heterocycles. The number of nitrogens with one attached hydrogen (secondary N) is 1. The third-order valence-electron chi connectivity index (χ3n) is 6.86. The average Bonchev–Trinajstić information content (AvgIpc) is 3.29. The van der Waals surface area contributed by atoms with Crippen LogP contribution in [0.5, 0.6) is 0 Å². The Morgan fingerprint density at radius 1 is 0.812 bits per heavy atom. The van der Waals surface area contributed by atoms with Crippen LogP contribution in [0.2, 0.25) is 0 Å². The fourth-order valence-electron chi connectivity index (χ4n) is 4.85. The molecule has 2 aliphatic heterocycles. The summed E-state index contributed by atoms with van der Waals surface area (Å²) in [5.41, 5.74) is -1.66. The average molecular weight is 725 g/mol. The molecule has 2 aliphatic rings. The summed E-state index contributed by atoms with van der Waals surface area (Å²) in [4.78, 5) is 46.7. The topological polar surface area (TPSA) is 244 Å². The van der Waals surface area contributed by atoms with Crippen LogP contribution in [0.25, 0.3) is 0 Å². The van der Waals surface area contributed by atoms with Crippen molar-refractivity contribution >= 4 is 15.2 Å². The molecule has 0 radical (unpaired) electrons. The second kappa shape index (κ2) is 18.6. The van der Waals surface area contributed by atoms with Gasteiger partial charge in [0.15, 0.2) is 18.4 Å². The maximum absolute atomic E-state index is 13.3. The smallest absolute Gasteiger partial charge is 0.342 e. The number of H-pyrrole nitrogens is 1. The molecule has 18 nitrogen and oxygen atoms in total. The van der Waals surface area contributed by atoms with Crippen molar-refractivity contribution in [2.75, 3.05) is 45.5 Å². The lowest BCUT2D eigenvalue weighted by Gasteiger charge is -2.45. The van der Waals surface area contributed by atoms with Crippen LogP contribution in [0.15, 0.2) is 72.5 Å². The zero-order valence-corrected chi connectivity index (χ0v) is 27.8. The van der Waals surface area contributed by atoms with Crippen molar-refractivity contribution < 1.29 is 66.6 Å². The van der Waals surface area contributed by atoms with E-state index in [1.165, 1.54) is 24.3 Å². The van der Waals surface area contributed by atoms with Crippen LogP contribution in [0, 0.1) is 0 Å². The van der Waals surface area contributed by atoms with E-state index in [1.54, 1.807) is 0 Å². The molecule has 11 atom stereocenters. The highest BCUT2D eigenvalue weighted by Crippen LogP contribution is 2.59. The SMILES string of the molecule is C=CCOC[C@H]1O[C@H](OP(=O)(O)CP(=O)(O)OC[C@H]2O[C@@H](n3ccc(=O)[nH]c3=O)[C@H](O)[C@@H]2O)[C@H](OCC=C)[C@@H](OCC=C)[C@H]1OCC=C. The Kier molecular flexibility index (Phi) is 15.5. The largest absolute Gasteiger partial charge is 0.387 e. The summed E-state index contributed by atoms with van der Waals surface area (Å²) in [7, 11) is -10.0. The van der Waals surface area contributed by atoms with E-state index in [0.29, 0.717) is 0 Å². The minimum atomic E-state index is -5.05. The summed E-state index contributed by atoms with van der Waals surface area (Å²) in [5, 5.41) is 20.8. The molecule has 3 rings (SSSR count). The van der Waals surface area contributed by atoms with Crippen LogP contribution in [-0.4, -0.2) is 124 Å². The Bertz CT molecular complexity index is 1450. The van der Waals surface area contributed by atoms with Gasteiger partial charge >= 0.3 is 20.9 Å². The lowest BCUT2D eigenvalue weighted by atomic mass is 9.98. The summed E-state index contributed by atoms with van der Waals surface area (Å²) in [6, 6.07) is 0.982. The second-order valence-electron chi connectivity index (χ2n) is 10.5. The number of nitrogens with zero attached hydrogens (tertiary/aromatic N) is 1. The molecule has 0 aromatic carbocycles. The van der Waals surface area contributed by atoms with Crippen molar-refractivity contribution in [3.8, 4) is 0 Å². The van der Waals surface area contributed by atoms with Crippen LogP contribution in [0.4, 0.5) is 0 Å². The van der Waals surface area contributed by atoms with Gasteiger partial charge in [0.25, 0.3) is 5.56 Å². The van der Waals surface area contributed by atoms with Gasteiger partial charge in [-0.2, -0.15) is 0 Å². The predicted molar refractivity (Wildman–Crippen MR) is 168 cm³/mol. The summed E-state index contributed by atoms with van der Waals surface area (Å²) in [6.07, 6.45) is -5.20. The van der Waals surface area contributed by atoms with Crippen molar-refractivity contribution in [3.63, 3.8) is 0 Å². The van der Waals surface area contributed by atoms with Gasteiger partial charge in [0.05, 0.1) is 39.6 Å². The first kappa shape index (κ1) is 40.1. The van der Waals surface area contributed by atoms with E-state index < -0.39 is 94.2 Å². The van der Waals surface area contributed by atoms with Crippen molar-refractivity contribution in [1.29, 1.82) is 0 Å². The van der Waals surface area contributed by atoms with Crippen molar-refractivity contribution in [3.05, 3.63) is 83.7 Å². The van der Waals surface area contributed by atoms with Gasteiger partial charge in [0.2, 0.25) is 0 Å². The Morgan fingerprint density at radius 3 is 2.02 bits per heavy atom. The quantitative estimate of drug-likeness (QED) is 0.0644. The molecule has 2 fully saturated rings. The molecular formula is C28H42N2O16P2. The molecule has 270 valence electrons. The van der Waals surface area contributed by atoms with Gasteiger partial charge in [0, 0.05) is 12.3 Å². The van der Waals surface area contributed by atoms with Gasteiger partial charge in [-0.3, -0.25) is 28.0 Å². The van der Waals surface area contributed by atoms with Crippen LogP contribution < -0.4 is 11.2 Å². The van der Waals surface area contributed by atoms with E-state index in [9.17, 15) is 38.7 Å². The van der Waals surface area contributed by atoms with E-state index in [-0.39, 0.29) is 33.0 Å². The van der Waals surface area contributed by atoms with Crippen LogP contribution in [0.3, 0.4) is 0 Å². The summed E-state index contributed by atoms with van der Waals surface area (Å²) in [6.45, 7) is 13.7. The molecular weight excluding hydrogens is 682 g/mol. The maximum Gasteiger partial charge on any atom is 0.342 e. The van der Waals surface area contributed by atoms with E-state index in [0.717, 1.165) is 16.8 Å². The van der Waals surface area contributed by atoms with Crippen LogP contribution in [-0.2, 0) is 46.6 Å². The highest BCUT2D eigenvalue weighted by Gasteiger charge is 2.52. The first-order valence-corrected chi connectivity index (χ1v) is 18.1. The molecule has 0 spiro atoms. The van der Waals surface area contributed by atoms with Gasteiger partial charge in [-0.25, -0.2) is 4.79 Å². The minimum absolute atomic E-state index is 0.0114. The molecule has 3 heterocycles. The number of rotatable bonds is 21. The van der Waals surface area contributed by atoms with Crippen LogP contribution >= 0.6 is 15.2 Å². The molecule has 1 aromatic heterocycles. The minimum Gasteiger partial charge on any atom is -0.387 e. The van der Waals surface area contributed by atoms with Crippen molar-refractivity contribution in [2.45, 2.75) is 55.2 Å². The van der Waals surface area contributed by atoms with E-state index in [2.05, 4.69) is 26.3 Å². The molecule has 48 heavy (non-hydrogen) atoms. The number of aliphatic hydroxyl groups is 2. The third kappa shape index (κ3) is 11.1. The number of hydrogen-bond acceptors (Lipinski definition) is 14. The molecule has 0 bridgehead atoms. The zero-order valence-electron chi connectivity index (χ0n) is 26.0. The van der Waals surface area contributed by atoms with Gasteiger partial charge in [-0.15, -0.1) is 26.3 Å². The number of hydrogen-bond donors (Lipinski definition) is 5. The van der Waals surface area contributed by atoms with Crippen molar-refractivity contribution in [2.24, 2.45) is 0 Å². The fraction of sp³-hybridized carbons (Fsp3) is 0.571. The summed E-state index contributed by atoms with van der Waals surface area (Å²) >= 11 is 0. The summed E-state index contributed by atoms with van der Waals surface area (Å²) < 4.78 is 72.1. The summed E-state index contributed by atoms with van der Waals surface area (Å²) in [5.74, 6) is -1.44. The molecule has 2 unspecified atom stereocenters. The van der Waals surface area contributed by atoms with Crippen LogP contribution in [0.1, 0.15) is 6.23 Å². The highest BCUT2D eigenvalue weighted by atomic mass is 31.2. The number of ether oxygens (including phenoxy) is 6. The Morgan fingerprint density at radius 2 is 1.42 bits per heavy atom. The molecule has 0 aliphatic carbocycles. The molecule has 1 aromatic rings. The molecule has 20 heteroatoms. The number of aliphatic hydroxyl groups excluding tert-OH is 2. The number of aromatic amines is 1. The van der Waals surface area contributed by atoms with Crippen molar-refractivity contribution in [1.82, 2.24) is 9.55 Å². The Hall–Kier alpha value is -2.38. The van der Waals surface area contributed by atoms with Gasteiger partial charge in [-0.05, 0) is 0 Å². The lowest BCUT2D eigenvalue weighted by molar-refractivity contribution is -0.300. The van der Waals surface area contributed by atoms with Gasteiger partial charge in [-0.1, -0.05) is 24.3 Å². The predicted octanol–water partition coefficient (Wildman–Crippen LogP) is 0.158. The normalized spacial score (nSPS) is 31.4. The third-order valence-corrected chi connectivity index (χ3v) is 10.8. The van der Waals surface area contributed by atoms with Gasteiger partial charge < -0.3 is 52.9 Å². The molecule has 5 N–H and O–H groups in total. The molecule has 0 saturated carbocycles. The molecule has 0 amide bonds. The lowest BCUT2D eigenvalue weighted by Crippen LogP contribution is -2.61. The maximum atomic E-state index is 13.3. The first-order chi connectivity index (χ1) is 22.8. The first-order valence-electron chi connectivity index (χ1n) is 14.6. The standard InChI is InChI=1S/C28H42N2O16P2/c1-5-11-39-15-19-23(40-12-6-2)24(41-13-7-3)25(42-14-8-4)27(45-19)46-48(37,38)17-47(35,36)43-16-18-21(32)22(33)26(44-18)30-10-9-20(31)29-28(30)34/h5-10,18-19,21-27,32-33H,1-4,11-17H2,(H,35,36)(H,37,38)(H,29,31,34)/t18-,19-,21-,22-,23+,24+,25-,26-,27-/m1/s1. The Balaban J connectivity index is 1.76. The monoisotopic (exact) mass is 724 g/mol.